The van der Waals surface area contributed by atoms with Crippen molar-refractivity contribution in [2.24, 2.45) is 11.8 Å². The Labute approximate surface area is 274 Å². The third-order valence-electron chi connectivity index (χ3n) is 8.35. The number of aryl methyl sites for hydroxylation is 2. The molecule has 0 aliphatic heterocycles. The summed E-state index contributed by atoms with van der Waals surface area (Å²) in [6.07, 6.45) is 11.6. The molecule has 2 aromatic carbocycles. The first kappa shape index (κ1) is 38.1. The molecule has 2 rings (SSSR count). The first-order chi connectivity index (χ1) is 22.1. The molecule has 0 aromatic heterocycles. The molecule has 0 bridgehead atoms. The fraction of sp³-hybridized carbons (Fsp3) is 0.556. The van der Waals surface area contributed by atoms with Crippen molar-refractivity contribution in [2.75, 3.05) is 0 Å². The zero-order valence-corrected chi connectivity index (χ0v) is 28.0. The lowest BCUT2D eigenvalue weighted by molar-refractivity contribution is -0.128. The predicted molar refractivity (Wildman–Crippen MR) is 180 cm³/mol. The summed E-state index contributed by atoms with van der Waals surface area (Å²) < 4.78 is 0. The Hall–Kier alpha value is -4.08. The highest BCUT2D eigenvalue weighted by Gasteiger charge is 2.24. The standard InChI is InChI=1S/C36H54N4O6/c1-5-9-12-14-25-17-21-29(31(41)23-25)35(45)39-37-33(43)27(8-4)19-20-28(16-11-7-3)34(44)38-40-36(46)30-22-18-26(24-32(30)42)15-13-10-6-2/h17-18,21-24,27-28,41-42H,5-16,19-20H2,1-4H3,(H,37,43)(H,38,44)(H,39,45)(H,40,46). The van der Waals surface area contributed by atoms with Gasteiger partial charge in [0.15, 0.2) is 0 Å². The Morgan fingerprint density at radius 1 is 0.565 bits per heavy atom. The molecular formula is C36H54N4O6. The monoisotopic (exact) mass is 638 g/mol. The van der Waals surface area contributed by atoms with Crippen LogP contribution in [0.4, 0.5) is 0 Å². The summed E-state index contributed by atoms with van der Waals surface area (Å²) in [5, 5.41) is 20.7. The van der Waals surface area contributed by atoms with E-state index < -0.39 is 23.7 Å². The molecule has 0 radical (unpaired) electrons. The highest BCUT2D eigenvalue weighted by Crippen LogP contribution is 2.23. The third kappa shape index (κ3) is 12.7. The molecule has 4 amide bonds. The fourth-order valence-corrected chi connectivity index (χ4v) is 5.36. The summed E-state index contributed by atoms with van der Waals surface area (Å²) in [6, 6.07) is 9.89. The van der Waals surface area contributed by atoms with Crippen molar-refractivity contribution in [1.29, 1.82) is 0 Å². The molecule has 0 fully saturated rings. The number of unbranched alkanes of at least 4 members (excludes halogenated alkanes) is 5. The molecular weight excluding hydrogens is 584 g/mol. The van der Waals surface area contributed by atoms with Gasteiger partial charge in [0.25, 0.3) is 11.8 Å². The SMILES string of the molecule is CCCCCc1ccc(C(=O)NNC(=O)C(CC)CCC(CCCC)C(=O)NNC(=O)c2ccc(CCCCC)cc2O)c(O)c1. The second-order valence-corrected chi connectivity index (χ2v) is 12.0. The van der Waals surface area contributed by atoms with Crippen LogP contribution in [-0.2, 0) is 22.4 Å². The van der Waals surface area contributed by atoms with Gasteiger partial charge in [-0.05, 0) is 86.8 Å². The molecule has 0 heterocycles. The van der Waals surface area contributed by atoms with Crippen LogP contribution in [0, 0.1) is 11.8 Å². The molecule has 46 heavy (non-hydrogen) atoms. The molecule has 0 aliphatic rings. The van der Waals surface area contributed by atoms with Gasteiger partial charge in [-0.1, -0.05) is 78.4 Å². The third-order valence-corrected chi connectivity index (χ3v) is 8.35. The van der Waals surface area contributed by atoms with Gasteiger partial charge in [0.1, 0.15) is 11.5 Å². The van der Waals surface area contributed by atoms with Gasteiger partial charge in [-0.25, -0.2) is 0 Å². The minimum Gasteiger partial charge on any atom is -0.507 e. The zero-order chi connectivity index (χ0) is 33.9. The van der Waals surface area contributed by atoms with Crippen molar-refractivity contribution < 1.29 is 29.4 Å². The van der Waals surface area contributed by atoms with Crippen molar-refractivity contribution in [3.8, 4) is 11.5 Å². The molecule has 6 N–H and O–H groups in total. The maximum atomic E-state index is 13.1. The molecule has 0 spiro atoms. The van der Waals surface area contributed by atoms with Crippen molar-refractivity contribution in [2.45, 2.75) is 118 Å². The van der Waals surface area contributed by atoms with E-state index in [9.17, 15) is 29.4 Å². The number of aromatic hydroxyl groups is 2. The lowest BCUT2D eigenvalue weighted by Crippen LogP contribution is -2.45. The van der Waals surface area contributed by atoms with E-state index in [1.54, 1.807) is 30.3 Å². The van der Waals surface area contributed by atoms with Crippen LogP contribution in [0.15, 0.2) is 36.4 Å². The number of hydrogen-bond acceptors (Lipinski definition) is 6. The molecule has 2 atom stereocenters. The second-order valence-electron chi connectivity index (χ2n) is 12.0. The van der Waals surface area contributed by atoms with E-state index in [-0.39, 0.29) is 34.4 Å². The van der Waals surface area contributed by atoms with Gasteiger partial charge in [0.05, 0.1) is 11.1 Å². The van der Waals surface area contributed by atoms with Gasteiger partial charge in [-0.3, -0.25) is 40.9 Å². The summed E-state index contributed by atoms with van der Waals surface area (Å²) in [7, 11) is 0. The second kappa shape index (κ2) is 20.9. The number of hydrazine groups is 2. The van der Waals surface area contributed by atoms with Crippen molar-refractivity contribution >= 4 is 23.6 Å². The average molecular weight is 639 g/mol. The fourth-order valence-electron chi connectivity index (χ4n) is 5.36. The van der Waals surface area contributed by atoms with Crippen LogP contribution in [0.1, 0.15) is 137 Å². The van der Waals surface area contributed by atoms with Gasteiger partial charge < -0.3 is 10.2 Å². The molecule has 2 aromatic rings. The van der Waals surface area contributed by atoms with E-state index in [4.69, 9.17) is 0 Å². The first-order valence-electron chi connectivity index (χ1n) is 17.0. The number of phenols is 2. The maximum Gasteiger partial charge on any atom is 0.273 e. The molecule has 10 heteroatoms. The molecule has 2 unspecified atom stereocenters. The van der Waals surface area contributed by atoms with E-state index in [0.717, 1.165) is 75.3 Å². The number of nitrogens with one attached hydrogen (secondary N) is 4. The maximum absolute atomic E-state index is 13.1. The van der Waals surface area contributed by atoms with Crippen LogP contribution in [0.2, 0.25) is 0 Å². The van der Waals surface area contributed by atoms with E-state index in [0.29, 0.717) is 25.7 Å². The number of carbonyl (C=O) groups is 4. The quantitative estimate of drug-likeness (QED) is 0.0773. The normalized spacial score (nSPS) is 12.2. The Balaban J connectivity index is 1.91. The molecule has 0 aliphatic carbocycles. The number of rotatable bonds is 19. The summed E-state index contributed by atoms with van der Waals surface area (Å²) in [6.45, 7) is 8.12. The lowest BCUT2D eigenvalue weighted by Gasteiger charge is -2.20. The summed E-state index contributed by atoms with van der Waals surface area (Å²) in [5.74, 6) is -3.17. The Bertz CT molecular complexity index is 1280. The van der Waals surface area contributed by atoms with E-state index >= 15 is 0 Å². The van der Waals surface area contributed by atoms with Crippen LogP contribution in [0.25, 0.3) is 0 Å². The smallest absolute Gasteiger partial charge is 0.273 e. The lowest BCUT2D eigenvalue weighted by atomic mass is 9.90. The van der Waals surface area contributed by atoms with E-state index in [1.807, 2.05) is 19.9 Å². The van der Waals surface area contributed by atoms with Crippen LogP contribution >= 0.6 is 0 Å². The van der Waals surface area contributed by atoms with Gasteiger partial charge in [-0.15, -0.1) is 0 Å². The van der Waals surface area contributed by atoms with Crippen molar-refractivity contribution in [1.82, 2.24) is 21.7 Å². The number of benzene rings is 2. The predicted octanol–water partition coefficient (Wildman–Crippen LogP) is 6.40. The summed E-state index contributed by atoms with van der Waals surface area (Å²) in [4.78, 5) is 51.4. The topological polar surface area (TPSA) is 157 Å². The van der Waals surface area contributed by atoms with Gasteiger partial charge >= 0.3 is 0 Å². The highest BCUT2D eigenvalue weighted by molar-refractivity contribution is 5.98. The Morgan fingerprint density at radius 3 is 1.41 bits per heavy atom. The number of phenolic OH excluding ortho intramolecular Hbond substituents is 2. The Morgan fingerprint density at radius 2 is 1.00 bits per heavy atom. The first-order valence-corrected chi connectivity index (χ1v) is 17.0. The minimum absolute atomic E-state index is 0.0715. The number of carbonyl (C=O) groups excluding carboxylic acids is 4. The van der Waals surface area contributed by atoms with Gasteiger partial charge in [0, 0.05) is 11.8 Å². The van der Waals surface area contributed by atoms with Crippen LogP contribution in [0.3, 0.4) is 0 Å². The van der Waals surface area contributed by atoms with Gasteiger partial charge in [-0.2, -0.15) is 0 Å². The molecule has 0 saturated carbocycles. The van der Waals surface area contributed by atoms with Crippen LogP contribution in [0.5, 0.6) is 11.5 Å². The highest BCUT2D eigenvalue weighted by atomic mass is 16.3. The van der Waals surface area contributed by atoms with Crippen LogP contribution in [-0.4, -0.2) is 33.8 Å². The van der Waals surface area contributed by atoms with Crippen LogP contribution < -0.4 is 21.7 Å². The number of amides is 4. The van der Waals surface area contributed by atoms with Gasteiger partial charge in [0.2, 0.25) is 11.8 Å². The summed E-state index contributed by atoms with van der Waals surface area (Å²) >= 11 is 0. The molecule has 10 nitrogen and oxygen atoms in total. The molecule has 254 valence electrons. The average Bonchev–Trinajstić information content (AvgIpc) is 3.04. The zero-order valence-electron chi connectivity index (χ0n) is 28.0. The van der Waals surface area contributed by atoms with E-state index in [2.05, 4.69) is 35.6 Å². The largest absolute Gasteiger partial charge is 0.507 e. The van der Waals surface area contributed by atoms with E-state index in [1.165, 1.54) is 0 Å². The summed E-state index contributed by atoms with van der Waals surface area (Å²) in [5.41, 5.74) is 11.8. The number of hydrogen-bond donors (Lipinski definition) is 6. The Kier molecular flexibility index (Phi) is 17.3. The molecule has 0 saturated heterocycles. The minimum atomic E-state index is -0.617. The van der Waals surface area contributed by atoms with Crippen molar-refractivity contribution in [3.05, 3.63) is 58.7 Å². The van der Waals surface area contributed by atoms with Crippen molar-refractivity contribution in [3.63, 3.8) is 0 Å².